The second-order valence-corrected chi connectivity index (χ2v) is 6.60. The molecule has 23 heavy (non-hydrogen) atoms. The van der Waals surface area contributed by atoms with E-state index in [0.717, 1.165) is 30.7 Å². The smallest absolute Gasteiger partial charge is 0.253 e. The number of hydrogen-bond acceptors (Lipinski definition) is 4. The van der Waals surface area contributed by atoms with Crippen LogP contribution < -0.4 is 0 Å². The van der Waals surface area contributed by atoms with Crippen molar-refractivity contribution in [3.63, 3.8) is 0 Å². The van der Waals surface area contributed by atoms with Gasteiger partial charge in [0.05, 0.1) is 6.10 Å². The number of aliphatic hydroxyl groups is 1. The summed E-state index contributed by atoms with van der Waals surface area (Å²) < 4.78 is 0. The third-order valence-corrected chi connectivity index (χ3v) is 5.04. The van der Waals surface area contributed by atoms with Crippen LogP contribution in [0.1, 0.15) is 35.9 Å². The number of benzene rings is 1. The maximum absolute atomic E-state index is 12.6. The van der Waals surface area contributed by atoms with Gasteiger partial charge in [0, 0.05) is 36.1 Å². The van der Waals surface area contributed by atoms with Gasteiger partial charge < -0.3 is 10.0 Å². The second kappa shape index (κ2) is 5.16. The molecule has 120 valence electrons. The van der Waals surface area contributed by atoms with Crippen molar-refractivity contribution < 1.29 is 9.90 Å². The minimum Gasteiger partial charge on any atom is -0.391 e. The Morgan fingerprint density at radius 3 is 2.70 bits per heavy atom. The van der Waals surface area contributed by atoms with E-state index >= 15 is 0 Å². The van der Waals surface area contributed by atoms with Crippen molar-refractivity contribution in [1.82, 2.24) is 20.1 Å². The summed E-state index contributed by atoms with van der Waals surface area (Å²) in [5.41, 5.74) is 1.52. The van der Waals surface area contributed by atoms with Crippen LogP contribution in [0.15, 0.2) is 24.3 Å². The maximum Gasteiger partial charge on any atom is 0.253 e. The van der Waals surface area contributed by atoms with Crippen LogP contribution in [0, 0.1) is 5.41 Å². The first kappa shape index (κ1) is 14.4. The van der Waals surface area contributed by atoms with E-state index < -0.39 is 0 Å². The zero-order valence-electron chi connectivity index (χ0n) is 13.1. The van der Waals surface area contributed by atoms with Gasteiger partial charge in [0.2, 0.25) is 0 Å². The Balaban J connectivity index is 1.50. The van der Waals surface area contributed by atoms with Crippen molar-refractivity contribution in [2.24, 2.45) is 5.41 Å². The molecule has 1 unspecified atom stereocenters. The lowest BCUT2D eigenvalue weighted by molar-refractivity contribution is 0.0764. The summed E-state index contributed by atoms with van der Waals surface area (Å²) in [6, 6.07) is 7.36. The summed E-state index contributed by atoms with van der Waals surface area (Å²) in [4.78, 5) is 18.7. The highest BCUT2D eigenvalue weighted by Crippen LogP contribution is 2.52. The molecule has 1 spiro atoms. The number of amides is 1. The lowest BCUT2D eigenvalue weighted by Crippen LogP contribution is -2.29. The summed E-state index contributed by atoms with van der Waals surface area (Å²) in [7, 11) is 0. The van der Waals surface area contributed by atoms with E-state index in [1.165, 1.54) is 0 Å². The number of nitrogens with zero attached hydrogens (tertiary/aromatic N) is 3. The van der Waals surface area contributed by atoms with Crippen molar-refractivity contribution >= 4 is 5.91 Å². The molecule has 4 rings (SSSR count). The summed E-state index contributed by atoms with van der Waals surface area (Å²) >= 11 is 0. The average Bonchev–Trinajstić information content (AvgIpc) is 3.07. The first-order valence-corrected chi connectivity index (χ1v) is 8.10. The number of aromatic amines is 1. The van der Waals surface area contributed by atoms with Crippen molar-refractivity contribution in [1.29, 1.82) is 0 Å². The highest BCUT2D eigenvalue weighted by atomic mass is 16.3. The van der Waals surface area contributed by atoms with Crippen molar-refractivity contribution in [3.8, 4) is 11.4 Å². The second-order valence-electron chi connectivity index (χ2n) is 6.60. The molecule has 6 heteroatoms. The van der Waals surface area contributed by atoms with Crippen LogP contribution in [0.25, 0.3) is 11.4 Å². The summed E-state index contributed by atoms with van der Waals surface area (Å²) in [5, 5.41) is 17.2. The quantitative estimate of drug-likeness (QED) is 0.902. The molecule has 1 aliphatic carbocycles. The minimum absolute atomic E-state index is 0.00881. The van der Waals surface area contributed by atoms with Gasteiger partial charge in [-0.25, -0.2) is 4.98 Å². The van der Waals surface area contributed by atoms with Crippen LogP contribution in [0.5, 0.6) is 0 Å². The molecule has 2 aromatic rings. The number of H-pyrrole nitrogens is 1. The number of aliphatic hydroxyl groups excluding tert-OH is 1. The van der Waals surface area contributed by atoms with Crippen LogP contribution in [0.3, 0.4) is 0 Å². The van der Waals surface area contributed by atoms with Gasteiger partial charge in [-0.15, -0.1) is 0 Å². The molecule has 2 N–H and O–H groups in total. The van der Waals surface area contributed by atoms with E-state index in [2.05, 4.69) is 15.2 Å². The fraction of sp³-hybridized carbons (Fsp3) is 0.471. The van der Waals surface area contributed by atoms with Gasteiger partial charge in [0.1, 0.15) is 5.82 Å². The third kappa shape index (κ3) is 2.43. The van der Waals surface area contributed by atoms with E-state index in [1.807, 2.05) is 31.2 Å². The predicted octanol–water partition coefficient (Wildman–Crippen LogP) is 1.63. The van der Waals surface area contributed by atoms with Crippen molar-refractivity contribution in [2.75, 3.05) is 13.1 Å². The summed E-state index contributed by atoms with van der Waals surface area (Å²) in [6.07, 6.45) is 2.50. The minimum atomic E-state index is -0.369. The first-order chi connectivity index (χ1) is 11.1. The predicted molar refractivity (Wildman–Crippen MR) is 84.8 cm³/mol. The molecule has 1 saturated heterocycles. The van der Waals surface area contributed by atoms with Crippen LogP contribution in [-0.2, 0) is 6.42 Å². The fourth-order valence-electron chi connectivity index (χ4n) is 3.29. The number of β-amino-alcohol motifs (C(OH)–C–C–N with tert-alkyl or cyclic N) is 1. The van der Waals surface area contributed by atoms with Crippen LogP contribution in [-0.4, -0.2) is 50.3 Å². The van der Waals surface area contributed by atoms with Gasteiger partial charge in [0.25, 0.3) is 5.91 Å². The molecule has 6 nitrogen and oxygen atoms in total. The molecule has 1 atom stereocenters. The Labute approximate surface area is 134 Å². The van der Waals surface area contributed by atoms with Crippen molar-refractivity contribution in [3.05, 3.63) is 35.7 Å². The highest BCUT2D eigenvalue weighted by molar-refractivity contribution is 5.95. The van der Waals surface area contributed by atoms with Crippen LogP contribution in [0.4, 0.5) is 0 Å². The van der Waals surface area contributed by atoms with E-state index in [-0.39, 0.29) is 17.4 Å². The van der Waals surface area contributed by atoms with Gasteiger partial charge in [-0.05, 0) is 25.0 Å². The molecule has 1 amide bonds. The monoisotopic (exact) mass is 312 g/mol. The molecule has 1 saturated carbocycles. The highest BCUT2D eigenvalue weighted by Gasteiger charge is 2.55. The Kier molecular flexibility index (Phi) is 3.23. The number of likely N-dealkylation sites (tertiary alicyclic amines) is 1. The number of hydrogen-bond donors (Lipinski definition) is 2. The zero-order chi connectivity index (χ0) is 16.0. The maximum atomic E-state index is 12.6. The molecule has 2 aliphatic rings. The molecule has 2 fully saturated rings. The molecular weight excluding hydrogens is 292 g/mol. The lowest BCUT2D eigenvalue weighted by Gasteiger charge is -2.16. The standard InChI is InChI=1S/C17H20N4O2/c1-2-14-18-15(20-19-14)11-3-5-12(6-4-11)16(23)21-9-13(22)17(10-21)7-8-17/h3-6,13,22H,2,7-10H2,1H3,(H,18,19,20). The van der Waals surface area contributed by atoms with Crippen molar-refractivity contribution in [2.45, 2.75) is 32.3 Å². The zero-order valence-corrected chi connectivity index (χ0v) is 13.1. The molecule has 0 bridgehead atoms. The normalized spacial score (nSPS) is 21.8. The van der Waals surface area contributed by atoms with Crippen LogP contribution in [0.2, 0.25) is 0 Å². The van der Waals surface area contributed by atoms with E-state index in [0.29, 0.717) is 24.5 Å². The largest absolute Gasteiger partial charge is 0.391 e. The number of aryl methyl sites for hydroxylation is 1. The van der Waals surface area contributed by atoms with Gasteiger partial charge >= 0.3 is 0 Å². The lowest BCUT2D eigenvalue weighted by atomic mass is 10.0. The third-order valence-electron chi connectivity index (χ3n) is 5.04. The summed E-state index contributed by atoms with van der Waals surface area (Å²) in [6.45, 7) is 3.14. The number of nitrogens with one attached hydrogen (secondary N) is 1. The Hall–Kier alpha value is -2.21. The number of rotatable bonds is 3. The summed E-state index contributed by atoms with van der Waals surface area (Å²) in [5.74, 6) is 1.49. The molecule has 1 aliphatic heterocycles. The molecule has 0 radical (unpaired) electrons. The molecule has 1 aromatic carbocycles. The SMILES string of the molecule is CCc1nc(-c2ccc(C(=O)N3CC(O)C4(CC4)C3)cc2)n[nH]1. The molecule has 2 heterocycles. The van der Waals surface area contributed by atoms with Gasteiger partial charge in [0.15, 0.2) is 5.82 Å². The van der Waals surface area contributed by atoms with Gasteiger partial charge in [-0.2, -0.15) is 5.10 Å². The Morgan fingerprint density at radius 1 is 1.39 bits per heavy atom. The van der Waals surface area contributed by atoms with Gasteiger partial charge in [-0.1, -0.05) is 19.1 Å². The Bertz CT molecular complexity index is 733. The van der Waals surface area contributed by atoms with E-state index in [9.17, 15) is 9.90 Å². The molecular formula is C17H20N4O2. The number of carbonyl (C=O) groups is 1. The number of aromatic nitrogens is 3. The first-order valence-electron chi connectivity index (χ1n) is 8.10. The van der Waals surface area contributed by atoms with E-state index in [4.69, 9.17) is 0 Å². The topological polar surface area (TPSA) is 82.1 Å². The Morgan fingerprint density at radius 2 is 2.13 bits per heavy atom. The van der Waals surface area contributed by atoms with Crippen LogP contribution >= 0.6 is 0 Å². The fourth-order valence-corrected chi connectivity index (χ4v) is 3.29. The van der Waals surface area contributed by atoms with Gasteiger partial charge in [-0.3, -0.25) is 9.89 Å². The molecule has 1 aromatic heterocycles. The number of carbonyl (C=O) groups excluding carboxylic acids is 1. The van der Waals surface area contributed by atoms with E-state index in [1.54, 1.807) is 4.90 Å². The average molecular weight is 312 g/mol.